The zero-order valence-electron chi connectivity index (χ0n) is 15.3. The standard InChI is InChI=1S/C8H10.C8H12.C8H10/c1-2-6-3-5(1)7-4-8(6)7;2*1-6-4-7-2-3-8(6)5-7/h1-2,5-8H,3-4H2;2-3,6-8H,4-5H2,1H3;2-4,7-8H,5H2,1H3. The van der Waals surface area contributed by atoms with Gasteiger partial charge in [0.2, 0.25) is 0 Å². The highest BCUT2D eigenvalue weighted by molar-refractivity contribution is 5.28. The normalized spacial score (nSPS) is 51.9. The van der Waals surface area contributed by atoms with E-state index in [0.717, 1.165) is 53.3 Å². The average molecular weight is 321 g/mol. The number of rotatable bonds is 0. The number of hydrogen-bond acceptors (Lipinski definition) is 0. The highest BCUT2D eigenvalue weighted by Gasteiger charge is 2.54. The van der Waals surface area contributed by atoms with Gasteiger partial charge in [-0.3, -0.25) is 0 Å². The summed E-state index contributed by atoms with van der Waals surface area (Å²) in [6.07, 6.45) is 24.1. The zero-order chi connectivity index (χ0) is 16.3. The van der Waals surface area contributed by atoms with E-state index in [1.54, 1.807) is 12.0 Å². The van der Waals surface area contributed by atoms with Gasteiger partial charge in [-0.2, -0.15) is 0 Å². The Morgan fingerprint density at radius 3 is 1.75 bits per heavy atom. The Kier molecular flexibility index (Phi) is 3.65. The van der Waals surface area contributed by atoms with Crippen LogP contribution >= 0.6 is 0 Å². The fourth-order valence-corrected chi connectivity index (χ4v) is 6.32. The van der Waals surface area contributed by atoms with Crippen molar-refractivity contribution in [3.63, 3.8) is 0 Å². The van der Waals surface area contributed by atoms with Gasteiger partial charge >= 0.3 is 0 Å². The van der Waals surface area contributed by atoms with E-state index in [-0.39, 0.29) is 0 Å². The molecule has 0 aromatic heterocycles. The van der Waals surface area contributed by atoms with Crippen LogP contribution in [0.1, 0.15) is 46.0 Å². The highest BCUT2D eigenvalue weighted by atomic mass is 14.6. The van der Waals surface area contributed by atoms with Crippen LogP contribution in [-0.4, -0.2) is 0 Å². The third kappa shape index (κ3) is 2.67. The van der Waals surface area contributed by atoms with E-state index in [2.05, 4.69) is 56.4 Å². The van der Waals surface area contributed by atoms with Gasteiger partial charge in [-0.1, -0.05) is 55.0 Å². The molecule has 0 spiro atoms. The number of hydrogen-bond donors (Lipinski definition) is 0. The van der Waals surface area contributed by atoms with Crippen LogP contribution in [0.15, 0.2) is 48.1 Å². The fourth-order valence-electron chi connectivity index (χ4n) is 6.32. The van der Waals surface area contributed by atoms with E-state index in [1.165, 1.54) is 25.7 Å². The molecule has 6 bridgehead atoms. The van der Waals surface area contributed by atoms with Crippen LogP contribution in [0.4, 0.5) is 0 Å². The minimum Gasteiger partial charge on any atom is -0.0851 e. The van der Waals surface area contributed by atoms with Crippen LogP contribution in [0.25, 0.3) is 0 Å². The lowest BCUT2D eigenvalue weighted by Crippen LogP contribution is -1.99. The summed E-state index contributed by atoms with van der Waals surface area (Å²) in [6, 6.07) is 0. The van der Waals surface area contributed by atoms with Gasteiger partial charge in [-0.05, 0) is 92.3 Å². The monoisotopic (exact) mass is 320 g/mol. The number of fused-ring (bicyclic) bond motifs is 9. The predicted molar refractivity (Wildman–Crippen MR) is 101 cm³/mol. The van der Waals surface area contributed by atoms with Gasteiger partial charge < -0.3 is 0 Å². The second kappa shape index (κ2) is 5.75. The fraction of sp³-hybridized carbons (Fsp3) is 0.667. The Bertz CT molecular complexity index is 592. The van der Waals surface area contributed by atoms with Crippen LogP contribution < -0.4 is 0 Å². The molecule has 3 fully saturated rings. The van der Waals surface area contributed by atoms with E-state index in [0.29, 0.717) is 0 Å². The first-order valence-electron chi connectivity index (χ1n) is 10.4. The average Bonchev–Trinajstić information content (AvgIpc) is 3.20. The van der Waals surface area contributed by atoms with Crippen molar-refractivity contribution in [2.24, 2.45) is 53.3 Å². The van der Waals surface area contributed by atoms with Crippen molar-refractivity contribution in [1.29, 1.82) is 0 Å². The van der Waals surface area contributed by atoms with E-state index in [9.17, 15) is 0 Å². The summed E-state index contributed by atoms with van der Waals surface area (Å²) >= 11 is 0. The largest absolute Gasteiger partial charge is 0.0851 e. The summed E-state index contributed by atoms with van der Waals surface area (Å²) in [6.45, 7) is 4.60. The molecule has 0 aromatic rings. The minimum absolute atomic E-state index is 0.806. The molecule has 0 radical (unpaired) electrons. The smallest absolute Gasteiger partial charge is 0.00170 e. The summed E-state index contributed by atoms with van der Waals surface area (Å²) in [5.41, 5.74) is 1.58. The molecule has 0 amide bonds. The molecule has 3 saturated carbocycles. The molecule has 0 N–H and O–H groups in total. The van der Waals surface area contributed by atoms with Gasteiger partial charge in [0.05, 0.1) is 0 Å². The molecule has 0 saturated heterocycles. The molecule has 7 aliphatic rings. The summed E-state index contributed by atoms with van der Waals surface area (Å²) < 4.78 is 0. The first kappa shape index (κ1) is 15.2. The summed E-state index contributed by atoms with van der Waals surface area (Å²) in [7, 11) is 0. The molecule has 24 heavy (non-hydrogen) atoms. The third-order valence-corrected chi connectivity index (χ3v) is 7.93. The zero-order valence-corrected chi connectivity index (χ0v) is 15.3. The Balaban J connectivity index is 0.0000000817. The maximum absolute atomic E-state index is 2.44. The molecule has 9 atom stereocenters. The predicted octanol–water partition coefficient (Wildman–Crippen LogP) is 6.19. The topological polar surface area (TPSA) is 0 Å². The molecule has 7 rings (SSSR count). The SMILES string of the molecule is C1=CC2CC1C1CC21.CC1=CC2C=CC1C2.CC1CC2C=CC1C2. The second-order valence-corrected chi connectivity index (χ2v) is 9.57. The molecule has 0 heteroatoms. The lowest BCUT2D eigenvalue weighted by Gasteiger charge is -2.09. The van der Waals surface area contributed by atoms with E-state index in [1.807, 2.05) is 0 Å². The molecule has 128 valence electrons. The lowest BCUT2D eigenvalue weighted by atomic mass is 9.96. The molecule has 0 aliphatic heterocycles. The summed E-state index contributed by atoms with van der Waals surface area (Å²) in [4.78, 5) is 0. The van der Waals surface area contributed by atoms with Crippen LogP contribution in [0, 0.1) is 53.3 Å². The minimum atomic E-state index is 0.806. The van der Waals surface area contributed by atoms with Crippen molar-refractivity contribution in [1.82, 2.24) is 0 Å². The van der Waals surface area contributed by atoms with Gasteiger partial charge in [0.25, 0.3) is 0 Å². The van der Waals surface area contributed by atoms with Crippen molar-refractivity contribution in [2.45, 2.75) is 46.0 Å². The highest BCUT2D eigenvalue weighted by Crippen LogP contribution is 2.62. The van der Waals surface area contributed by atoms with Gasteiger partial charge in [0.15, 0.2) is 0 Å². The van der Waals surface area contributed by atoms with E-state index >= 15 is 0 Å². The summed E-state index contributed by atoms with van der Waals surface area (Å²) in [5.74, 6) is 8.92. The van der Waals surface area contributed by atoms with Crippen molar-refractivity contribution in [2.75, 3.05) is 0 Å². The van der Waals surface area contributed by atoms with Gasteiger partial charge in [0, 0.05) is 0 Å². The van der Waals surface area contributed by atoms with Crippen molar-refractivity contribution < 1.29 is 0 Å². The van der Waals surface area contributed by atoms with Crippen LogP contribution in [0.3, 0.4) is 0 Å². The number of allylic oxidation sites excluding steroid dienone is 8. The Hall–Kier alpha value is -1.04. The second-order valence-electron chi connectivity index (χ2n) is 9.57. The van der Waals surface area contributed by atoms with Crippen LogP contribution in [0.5, 0.6) is 0 Å². The molecular weight excluding hydrogens is 288 g/mol. The maximum atomic E-state index is 2.44. The van der Waals surface area contributed by atoms with Gasteiger partial charge in [-0.15, -0.1) is 0 Å². The molecule has 9 unspecified atom stereocenters. The Morgan fingerprint density at radius 1 is 0.708 bits per heavy atom. The van der Waals surface area contributed by atoms with E-state index in [4.69, 9.17) is 0 Å². The van der Waals surface area contributed by atoms with Gasteiger partial charge in [-0.25, -0.2) is 0 Å². The van der Waals surface area contributed by atoms with Crippen LogP contribution in [0.2, 0.25) is 0 Å². The maximum Gasteiger partial charge on any atom is -0.00170 e. The van der Waals surface area contributed by atoms with E-state index < -0.39 is 0 Å². The first-order chi connectivity index (χ1) is 11.7. The van der Waals surface area contributed by atoms with Crippen molar-refractivity contribution >= 4 is 0 Å². The van der Waals surface area contributed by atoms with Crippen molar-refractivity contribution in [3.05, 3.63) is 48.1 Å². The van der Waals surface area contributed by atoms with Crippen LogP contribution in [-0.2, 0) is 0 Å². The molecule has 0 nitrogen and oxygen atoms in total. The molecular formula is C24H32. The molecule has 7 aliphatic carbocycles. The molecule has 0 heterocycles. The quantitative estimate of drug-likeness (QED) is 0.467. The Morgan fingerprint density at radius 2 is 1.46 bits per heavy atom. The lowest BCUT2D eigenvalue weighted by molar-refractivity contribution is 0.493. The Labute approximate surface area is 147 Å². The van der Waals surface area contributed by atoms with Crippen molar-refractivity contribution in [3.8, 4) is 0 Å². The molecule has 0 aromatic carbocycles. The summed E-state index contributed by atoms with van der Waals surface area (Å²) in [5, 5.41) is 0. The van der Waals surface area contributed by atoms with Gasteiger partial charge in [0.1, 0.15) is 0 Å². The third-order valence-electron chi connectivity index (χ3n) is 7.93. The first-order valence-corrected chi connectivity index (χ1v) is 10.4.